The minimum absolute atomic E-state index is 0.177. The molecule has 0 saturated heterocycles. The fourth-order valence-electron chi connectivity index (χ4n) is 1.88. The van der Waals surface area contributed by atoms with Crippen LogP contribution in [0.4, 0.5) is 0 Å². The zero-order valence-corrected chi connectivity index (χ0v) is 13.0. The van der Waals surface area contributed by atoms with Crippen LogP contribution >= 0.6 is 0 Å². The normalized spacial score (nSPS) is 11.3. The molecule has 4 heteroatoms. The molecule has 0 heterocycles. The number of rotatable bonds is 10. The monoisotopic (exact) mass is 281 g/mol. The van der Waals surface area contributed by atoms with Gasteiger partial charge in [-0.3, -0.25) is 0 Å². The van der Waals surface area contributed by atoms with E-state index in [2.05, 4.69) is 11.4 Å². The Morgan fingerprint density at radius 1 is 1.05 bits per heavy atom. The van der Waals surface area contributed by atoms with E-state index >= 15 is 0 Å². The fraction of sp³-hybridized carbons (Fsp3) is 0.625. The van der Waals surface area contributed by atoms with Crippen molar-refractivity contribution in [3.63, 3.8) is 0 Å². The predicted octanol–water partition coefficient (Wildman–Crippen LogP) is 2.96. The molecule has 0 bridgehead atoms. The molecular formula is C16H27NO3. The van der Waals surface area contributed by atoms with Gasteiger partial charge in [-0.05, 0) is 33.8 Å². The molecule has 0 aliphatic heterocycles. The molecule has 0 radical (unpaired) electrons. The van der Waals surface area contributed by atoms with Crippen LogP contribution in [0.5, 0.6) is 5.75 Å². The van der Waals surface area contributed by atoms with Gasteiger partial charge in [0, 0.05) is 31.9 Å². The van der Waals surface area contributed by atoms with Crippen LogP contribution in [-0.2, 0) is 16.0 Å². The van der Waals surface area contributed by atoms with E-state index in [1.807, 2.05) is 45.9 Å². The molecule has 0 fully saturated rings. The molecule has 0 aromatic heterocycles. The second kappa shape index (κ2) is 9.75. The van der Waals surface area contributed by atoms with Crippen LogP contribution in [-0.4, -0.2) is 32.2 Å². The highest BCUT2D eigenvalue weighted by molar-refractivity contribution is 5.33. The molecule has 1 N–H and O–H groups in total. The van der Waals surface area contributed by atoms with Crippen LogP contribution in [0.3, 0.4) is 0 Å². The molecule has 0 aliphatic rings. The lowest BCUT2D eigenvalue weighted by molar-refractivity contribution is -0.133. The van der Waals surface area contributed by atoms with E-state index in [9.17, 15) is 0 Å². The van der Waals surface area contributed by atoms with Crippen molar-refractivity contribution >= 4 is 0 Å². The Balaban J connectivity index is 2.48. The first-order valence-corrected chi connectivity index (χ1v) is 7.35. The van der Waals surface area contributed by atoms with Gasteiger partial charge >= 0.3 is 0 Å². The van der Waals surface area contributed by atoms with Crippen molar-refractivity contribution < 1.29 is 14.2 Å². The minimum Gasteiger partial charge on any atom is -0.491 e. The summed E-state index contributed by atoms with van der Waals surface area (Å²) in [7, 11) is 0. The van der Waals surface area contributed by atoms with Crippen molar-refractivity contribution in [2.75, 3.05) is 19.8 Å². The van der Waals surface area contributed by atoms with E-state index in [1.165, 1.54) is 0 Å². The molecule has 1 rings (SSSR count). The number of nitrogens with one attached hydrogen (secondary N) is 1. The third-order valence-corrected chi connectivity index (χ3v) is 2.67. The van der Waals surface area contributed by atoms with E-state index in [1.54, 1.807) is 0 Å². The molecule has 0 amide bonds. The zero-order valence-electron chi connectivity index (χ0n) is 13.0. The maximum atomic E-state index is 5.80. The zero-order chi connectivity index (χ0) is 14.8. The molecule has 0 aliphatic carbocycles. The van der Waals surface area contributed by atoms with Gasteiger partial charge < -0.3 is 19.5 Å². The maximum absolute atomic E-state index is 5.80. The van der Waals surface area contributed by atoms with E-state index in [0.29, 0.717) is 19.8 Å². The first-order chi connectivity index (χ1) is 9.67. The van der Waals surface area contributed by atoms with Gasteiger partial charge in [0.15, 0.2) is 6.29 Å². The Bertz CT molecular complexity index is 362. The summed E-state index contributed by atoms with van der Waals surface area (Å²) in [5, 5.41) is 3.36. The number of benzene rings is 1. The highest BCUT2D eigenvalue weighted by atomic mass is 16.7. The molecule has 20 heavy (non-hydrogen) atoms. The molecule has 0 saturated carbocycles. The maximum Gasteiger partial charge on any atom is 0.169 e. The van der Waals surface area contributed by atoms with Gasteiger partial charge in [0.05, 0.1) is 6.10 Å². The summed E-state index contributed by atoms with van der Waals surface area (Å²) in [6.45, 7) is 10.7. The van der Waals surface area contributed by atoms with Crippen molar-refractivity contribution in [3.05, 3.63) is 29.8 Å². The van der Waals surface area contributed by atoms with Gasteiger partial charge in [-0.2, -0.15) is 0 Å². The van der Waals surface area contributed by atoms with E-state index in [0.717, 1.165) is 17.9 Å². The Labute approximate surface area is 122 Å². The SMILES string of the molecule is CCOC(CNCc1ccccc1OC(C)C)OCC. The van der Waals surface area contributed by atoms with Crippen molar-refractivity contribution in [1.82, 2.24) is 5.32 Å². The van der Waals surface area contributed by atoms with Gasteiger partial charge in [0.1, 0.15) is 5.75 Å². The largest absolute Gasteiger partial charge is 0.491 e. The minimum atomic E-state index is -0.192. The third kappa shape index (κ3) is 6.37. The number of para-hydroxylation sites is 1. The summed E-state index contributed by atoms with van der Waals surface area (Å²) >= 11 is 0. The molecule has 1 aromatic carbocycles. The van der Waals surface area contributed by atoms with Crippen molar-refractivity contribution in [2.45, 2.75) is 46.6 Å². The summed E-state index contributed by atoms with van der Waals surface area (Å²) in [6, 6.07) is 8.08. The summed E-state index contributed by atoms with van der Waals surface area (Å²) in [4.78, 5) is 0. The number of hydrogen-bond donors (Lipinski definition) is 1. The molecule has 1 aromatic rings. The Kier molecular flexibility index (Phi) is 8.26. The van der Waals surface area contributed by atoms with Crippen molar-refractivity contribution in [2.24, 2.45) is 0 Å². The molecule has 0 atom stereocenters. The summed E-state index contributed by atoms with van der Waals surface area (Å²) in [6.07, 6.45) is -0.0149. The Morgan fingerprint density at radius 3 is 2.30 bits per heavy atom. The average Bonchev–Trinajstić information content (AvgIpc) is 2.40. The van der Waals surface area contributed by atoms with Crippen molar-refractivity contribution in [3.8, 4) is 5.75 Å². The molecule has 0 unspecified atom stereocenters. The lowest BCUT2D eigenvalue weighted by Gasteiger charge is -2.18. The topological polar surface area (TPSA) is 39.7 Å². The number of hydrogen-bond acceptors (Lipinski definition) is 4. The van der Waals surface area contributed by atoms with Crippen LogP contribution < -0.4 is 10.1 Å². The van der Waals surface area contributed by atoms with Gasteiger partial charge in [0.2, 0.25) is 0 Å². The fourth-order valence-corrected chi connectivity index (χ4v) is 1.88. The van der Waals surface area contributed by atoms with Crippen LogP contribution in [0.1, 0.15) is 33.3 Å². The lowest BCUT2D eigenvalue weighted by Crippen LogP contribution is -2.31. The average molecular weight is 281 g/mol. The van der Waals surface area contributed by atoms with Gasteiger partial charge in [-0.25, -0.2) is 0 Å². The molecule has 0 spiro atoms. The second-order valence-corrected chi connectivity index (χ2v) is 4.75. The van der Waals surface area contributed by atoms with E-state index < -0.39 is 0 Å². The van der Waals surface area contributed by atoms with E-state index in [4.69, 9.17) is 14.2 Å². The summed E-state index contributed by atoms with van der Waals surface area (Å²) in [5.41, 5.74) is 1.15. The quantitative estimate of drug-likeness (QED) is 0.669. The smallest absolute Gasteiger partial charge is 0.169 e. The Hall–Kier alpha value is -1.10. The van der Waals surface area contributed by atoms with Gasteiger partial charge in [0.25, 0.3) is 0 Å². The first kappa shape index (κ1) is 17.0. The Morgan fingerprint density at radius 2 is 1.70 bits per heavy atom. The lowest BCUT2D eigenvalue weighted by atomic mass is 10.2. The molecule has 114 valence electrons. The standard InChI is InChI=1S/C16H27NO3/c1-5-18-16(19-6-2)12-17-11-14-9-7-8-10-15(14)20-13(3)4/h7-10,13,16-17H,5-6,11-12H2,1-4H3. The molecule has 4 nitrogen and oxygen atoms in total. The van der Waals surface area contributed by atoms with Gasteiger partial charge in [-0.15, -0.1) is 0 Å². The first-order valence-electron chi connectivity index (χ1n) is 7.35. The van der Waals surface area contributed by atoms with Crippen LogP contribution in [0.15, 0.2) is 24.3 Å². The third-order valence-electron chi connectivity index (χ3n) is 2.67. The van der Waals surface area contributed by atoms with Crippen LogP contribution in [0, 0.1) is 0 Å². The number of ether oxygens (including phenoxy) is 3. The van der Waals surface area contributed by atoms with Crippen LogP contribution in [0.2, 0.25) is 0 Å². The summed E-state index contributed by atoms with van der Waals surface area (Å²) in [5.74, 6) is 0.930. The summed E-state index contributed by atoms with van der Waals surface area (Å²) < 4.78 is 16.8. The van der Waals surface area contributed by atoms with Crippen LogP contribution in [0.25, 0.3) is 0 Å². The van der Waals surface area contributed by atoms with E-state index in [-0.39, 0.29) is 12.4 Å². The van der Waals surface area contributed by atoms with Gasteiger partial charge in [-0.1, -0.05) is 18.2 Å². The second-order valence-electron chi connectivity index (χ2n) is 4.75. The highest BCUT2D eigenvalue weighted by Crippen LogP contribution is 2.19. The predicted molar refractivity (Wildman–Crippen MR) is 81.0 cm³/mol. The molecular weight excluding hydrogens is 254 g/mol. The van der Waals surface area contributed by atoms with Crippen molar-refractivity contribution in [1.29, 1.82) is 0 Å². The highest BCUT2D eigenvalue weighted by Gasteiger charge is 2.09.